The topological polar surface area (TPSA) is 56.1 Å². The van der Waals surface area contributed by atoms with Crippen molar-refractivity contribution in [3.05, 3.63) is 33.4 Å². The van der Waals surface area contributed by atoms with Crippen LogP contribution in [-0.2, 0) is 0 Å². The summed E-state index contributed by atoms with van der Waals surface area (Å²) in [5.74, 6) is -0.00451. The number of rotatable bonds is 3. The van der Waals surface area contributed by atoms with Crippen LogP contribution in [-0.4, -0.2) is 36.5 Å². The zero-order valence-electron chi connectivity index (χ0n) is 10.6. The van der Waals surface area contributed by atoms with E-state index >= 15 is 0 Å². The molecule has 0 saturated carbocycles. The average Bonchev–Trinajstić information content (AvgIpc) is 2.42. The Morgan fingerprint density at radius 3 is 2.58 bits per heavy atom. The lowest BCUT2D eigenvalue weighted by Gasteiger charge is -2.30. The number of halogens is 1. The lowest BCUT2D eigenvalue weighted by Crippen LogP contribution is -2.44. The summed E-state index contributed by atoms with van der Waals surface area (Å²) in [4.78, 5) is 14.2. The van der Waals surface area contributed by atoms with Crippen LogP contribution in [0.5, 0.6) is 0 Å². The van der Waals surface area contributed by atoms with Crippen molar-refractivity contribution in [2.24, 2.45) is 0 Å². The zero-order valence-corrected chi connectivity index (χ0v) is 12.8. The predicted octanol–water partition coefficient (Wildman–Crippen LogP) is 2.01. The van der Waals surface area contributed by atoms with Crippen molar-refractivity contribution in [2.45, 2.75) is 18.9 Å². The Balaban J connectivity index is 1.84. The van der Waals surface area contributed by atoms with E-state index in [1.165, 1.54) is 0 Å². The molecule has 1 aliphatic rings. The number of nitrogens with one attached hydrogen (secondary N) is 1. The molecule has 1 amide bonds. The Bertz CT molecular complexity index is 472. The Kier molecular flexibility index (Phi) is 5.16. The molecule has 0 unspecified atom stereocenters. The first kappa shape index (κ1) is 14.3. The van der Waals surface area contributed by atoms with E-state index < -0.39 is 0 Å². The third kappa shape index (κ3) is 4.18. The number of likely N-dealkylation sites (tertiary alicyclic amines) is 1. The summed E-state index contributed by atoms with van der Waals surface area (Å²) in [6.45, 7) is 2.24. The summed E-state index contributed by atoms with van der Waals surface area (Å²) in [6, 6.07) is 9.96. The van der Waals surface area contributed by atoms with Gasteiger partial charge in [0.05, 0.1) is 12.6 Å². The molecular weight excluding hydrogens is 353 g/mol. The maximum atomic E-state index is 12.1. The van der Waals surface area contributed by atoms with Crippen LogP contribution < -0.4 is 5.32 Å². The molecule has 100 valence electrons. The molecule has 1 aliphatic heterocycles. The molecule has 4 nitrogen and oxygen atoms in total. The van der Waals surface area contributed by atoms with E-state index in [2.05, 4.69) is 38.9 Å². The molecule has 1 N–H and O–H groups in total. The van der Waals surface area contributed by atoms with Crippen molar-refractivity contribution in [2.75, 3.05) is 19.6 Å². The average molecular weight is 369 g/mol. The van der Waals surface area contributed by atoms with Crippen molar-refractivity contribution in [1.82, 2.24) is 10.2 Å². The van der Waals surface area contributed by atoms with Crippen molar-refractivity contribution >= 4 is 28.5 Å². The highest BCUT2D eigenvalue weighted by Crippen LogP contribution is 2.12. The van der Waals surface area contributed by atoms with Crippen molar-refractivity contribution < 1.29 is 4.79 Å². The third-order valence-corrected chi connectivity index (χ3v) is 4.04. The number of benzene rings is 1. The van der Waals surface area contributed by atoms with Gasteiger partial charge in [0.2, 0.25) is 0 Å². The van der Waals surface area contributed by atoms with Crippen LogP contribution in [0, 0.1) is 14.9 Å². The highest BCUT2D eigenvalue weighted by Gasteiger charge is 2.20. The van der Waals surface area contributed by atoms with Gasteiger partial charge in [0, 0.05) is 28.3 Å². The molecule has 0 spiro atoms. The van der Waals surface area contributed by atoms with Gasteiger partial charge < -0.3 is 5.32 Å². The number of amides is 1. The van der Waals surface area contributed by atoms with Gasteiger partial charge in [-0.3, -0.25) is 9.69 Å². The second kappa shape index (κ2) is 6.87. The van der Waals surface area contributed by atoms with Gasteiger partial charge in [0.1, 0.15) is 0 Å². The Hall–Kier alpha value is -1.13. The molecule has 0 aromatic heterocycles. The molecule has 1 aromatic rings. The van der Waals surface area contributed by atoms with Gasteiger partial charge in [-0.2, -0.15) is 5.26 Å². The number of carbonyl (C=O) groups is 1. The summed E-state index contributed by atoms with van der Waals surface area (Å²) in [7, 11) is 0. The van der Waals surface area contributed by atoms with Crippen LogP contribution in [0.2, 0.25) is 0 Å². The van der Waals surface area contributed by atoms with E-state index in [1.54, 1.807) is 0 Å². The first-order valence-electron chi connectivity index (χ1n) is 6.35. The van der Waals surface area contributed by atoms with E-state index in [0.717, 1.165) is 29.5 Å². The number of hydrogen-bond acceptors (Lipinski definition) is 3. The predicted molar refractivity (Wildman–Crippen MR) is 81.7 cm³/mol. The smallest absolute Gasteiger partial charge is 0.251 e. The zero-order chi connectivity index (χ0) is 13.7. The SMILES string of the molecule is N#CCN1CCC(NC(=O)c2ccc(I)cc2)CC1. The molecule has 1 saturated heterocycles. The van der Waals surface area contributed by atoms with Gasteiger partial charge in [-0.05, 0) is 59.7 Å². The maximum Gasteiger partial charge on any atom is 0.251 e. The third-order valence-electron chi connectivity index (χ3n) is 3.32. The summed E-state index contributed by atoms with van der Waals surface area (Å²) in [6.07, 6.45) is 1.83. The number of piperidine rings is 1. The summed E-state index contributed by atoms with van der Waals surface area (Å²) < 4.78 is 1.12. The van der Waals surface area contributed by atoms with Gasteiger partial charge >= 0.3 is 0 Å². The highest BCUT2D eigenvalue weighted by molar-refractivity contribution is 14.1. The molecular formula is C14H16IN3O. The van der Waals surface area contributed by atoms with Gasteiger partial charge in [-0.1, -0.05) is 0 Å². The van der Waals surface area contributed by atoms with Crippen molar-refractivity contribution in [1.29, 1.82) is 5.26 Å². The Labute approximate surface area is 126 Å². The minimum Gasteiger partial charge on any atom is -0.349 e. The van der Waals surface area contributed by atoms with Gasteiger partial charge in [-0.15, -0.1) is 0 Å². The number of carbonyl (C=O) groups excluding carboxylic acids is 1. The van der Waals surface area contributed by atoms with Gasteiger partial charge in [0.15, 0.2) is 0 Å². The number of hydrogen-bond donors (Lipinski definition) is 1. The normalized spacial score (nSPS) is 16.8. The Morgan fingerprint density at radius 1 is 1.37 bits per heavy atom. The van der Waals surface area contributed by atoms with E-state index in [1.807, 2.05) is 24.3 Å². The molecule has 1 aromatic carbocycles. The monoisotopic (exact) mass is 369 g/mol. The first-order chi connectivity index (χ1) is 9.19. The second-order valence-electron chi connectivity index (χ2n) is 4.69. The van der Waals surface area contributed by atoms with E-state index in [4.69, 9.17) is 5.26 Å². The van der Waals surface area contributed by atoms with Gasteiger partial charge in [-0.25, -0.2) is 0 Å². The minimum atomic E-state index is -0.00451. The number of nitrogens with zero attached hydrogens (tertiary/aromatic N) is 2. The molecule has 0 radical (unpaired) electrons. The maximum absolute atomic E-state index is 12.1. The van der Waals surface area contributed by atoms with Gasteiger partial charge in [0.25, 0.3) is 5.91 Å². The minimum absolute atomic E-state index is 0.00451. The highest BCUT2D eigenvalue weighted by atomic mass is 127. The first-order valence-corrected chi connectivity index (χ1v) is 7.42. The molecule has 1 fully saturated rings. The quantitative estimate of drug-likeness (QED) is 0.655. The lowest BCUT2D eigenvalue weighted by molar-refractivity contribution is 0.0914. The molecule has 0 aliphatic carbocycles. The van der Waals surface area contributed by atoms with Crippen LogP contribution in [0.1, 0.15) is 23.2 Å². The molecule has 1 heterocycles. The van der Waals surface area contributed by atoms with Crippen LogP contribution >= 0.6 is 22.6 Å². The molecule has 19 heavy (non-hydrogen) atoms. The largest absolute Gasteiger partial charge is 0.349 e. The second-order valence-corrected chi connectivity index (χ2v) is 5.93. The standard InChI is InChI=1S/C14H16IN3O/c15-12-3-1-11(2-4-12)14(19)17-13-5-8-18(9-6-13)10-7-16/h1-4,13H,5-6,8-10H2,(H,17,19). The molecule has 0 bridgehead atoms. The Morgan fingerprint density at radius 2 is 2.00 bits per heavy atom. The fourth-order valence-electron chi connectivity index (χ4n) is 2.21. The fraction of sp³-hybridized carbons (Fsp3) is 0.429. The van der Waals surface area contributed by atoms with E-state index in [-0.39, 0.29) is 11.9 Å². The lowest BCUT2D eigenvalue weighted by atomic mass is 10.0. The fourth-order valence-corrected chi connectivity index (χ4v) is 2.56. The molecule has 0 atom stereocenters. The van der Waals surface area contributed by atoms with Crippen LogP contribution in [0.25, 0.3) is 0 Å². The van der Waals surface area contributed by atoms with Crippen LogP contribution in [0.4, 0.5) is 0 Å². The summed E-state index contributed by atoms with van der Waals surface area (Å²) >= 11 is 2.22. The van der Waals surface area contributed by atoms with E-state index in [9.17, 15) is 4.79 Å². The molecule has 2 rings (SSSR count). The van der Waals surface area contributed by atoms with Crippen molar-refractivity contribution in [3.8, 4) is 6.07 Å². The molecule has 5 heteroatoms. The van der Waals surface area contributed by atoms with E-state index in [0.29, 0.717) is 12.1 Å². The summed E-state index contributed by atoms with van der Waals surface area (Å²) in [5, 5.41) is 11.7. The van der Waals surface area contributed by atoms with Crippen LogP contribution in [0.15, 0.2) is 24.3 Å². The van der Waals surface area contributed by atoms with Crippen LogP contribution in [0.3, 0.4) is 0 Å². The summed E-state index contributed by atoms with van der Waals surface area (Å²) in [5.41, 5.74) is 0.708. The van der Waals surface area contributed by atoms with Crippen molar-refractivity contribution in [3.63, 3.8) is 0 Å². The number of nitriles is 1.